The second-order valence-electron chi connectivity index (χ2n) is 4.73. The third-order valence-electron chi connectivity index (χ3n) is 2.86. The molecule has 0 aliphatic rings. The summed E-state index contributed by atoms with van der Waals surface area (Å²) in [7, 11) is 1.12. The molecule has 26 heavy (non-hydrogen) atoms. The van der Waals surface area contributed by atoms with Crippen molar-refractivity contribution in [1.29, 1.82) is 0 Å². The van der Waals surface area contributed by atoms with Crippen molar-refractivity contribution in [2.24, 2.45) is 5.10 Å². The first kappa shape index (κ1) is 21.1. The van der Waals surface area contributed by atoms with Crippen molar-refractivity contribution < 1.29 is 37.0 Å². The van der Waals surface area contributed by atoms with Gasteiger partial charge in [0, 0.05) is 0 Å². The highest BCUT2D eigenvalue weighted by Crippen LogP contribution is 2.30. The van der Waals surface area contributed by atoms with Crippen LogP contribution in [0.5, 0.6) is 5.75 Å². The molecule has 1 atom stereocenters. The summed E-state index contributed by atoms with van der Waals surface area (Å²) in [6.07, 6.45) is -5.79. The molecule has 11 heteroatoms. The van der Waals surface area contributed by atoms with Crippen LogP contribution in [0.25, 0.3) is 0 Å². The summed E-state index contributed by atoms with van der Waals surface area (Å²) in [5, 5.41) is 6.24. The molecular formula is C15H18F3N3O5. The average molecular weight is 377 g/mol. The summed E-state index contributed by atoms with van der Waals surface area (Å²) in [5.74, 6) is -1.34. The van der Waals surface area contributed by atoms with E-state index in [4.69, 9.17) is 4.74 Å². The van der Waals surface area contributed by atoms with E-state index in [1.165, 1.54) is 25.1 Å². The minimum atomic E-state index is -4.91. The van der Waals surface area contributed by atoms with Crippen LogP contribution >= 0.6 is 0 Å². The van der Waals surface area contributed by atoms with Gasteiger partial charge in [-0.2, -0.15) is 5.10 Å². The molecule has 2 N–H and O–H groups in total. The Labute approximate surface area is 147 Å². The number of methoxy groups -OCH3 is 1. The zero-order valence-corrected chi connectivity index (χ0v) is 14.2. The van der Waals surface area contributed by atoms with Gasteiger partial charge in [0.2, 0.25) is 0 Å². The maximum absolute atomic E-state index is 12.5. The molecule has 1 rings (SSSR count). The summed E-state index contributed by atoms with van der Waals surface area (Å²) >= 11 is 0. The maximum atomic E-state index is 12.5. The Morgan fingerprint density at radius 2 is 1.92 bits per heavy atom. The van der Waals surface area contributed by atoms with E-state index in [1.807, 2.05) is 5.43 Å². The summed E-state index contributed by atoms with van der Waals surface area (Å²) in [4.78, 5) is 23.2. The van der Waals surface area contributed by atoms with E-state index < -0.39 is 30.2 Å². The molecule has 1 amide bonds. The highest BCUT2D eigenvalue weighted by Gasteiger charge is 2.33. The zero-order valence-electron chi connectivity index (χ0n) is 14.2. The number of amides is 1. The van der Waals surface area contributed by atoms with E-state index in [0.717, 1.165) is 13.2 Å². The van der Waals surface area contributed by atoms with Crippen molar-refractivity contribution in [2.75, 3.05) is 19.0 Å². The molecule has 0 saturated heterocycles. The Balaban J connectivity index is 3.10. The predicted octanol–water partition coefficient (Wildman–Crippen LogP) is 2.66. The topological polar surface area (TPSA) is 98.3 Å². The number of anilines is 1. The quantitative estimate of drug-likeness (QED) is 0.431. The number of nitrogens with one attached hydrogen (secondary N) is 2. The van der Waals surface area contributed by atoms with Crippen LogP contribution in [0.1, 0.15) is 13.8 Å². The van der Waals surface area contributed by atoms with Crippen molar-refractivity contribution in [3.63, 3.8) is 0 Å². The second-order valence-corrected chi connectivity index (χ2v) is 4.73. The number of para-hydroxylation sites is 2. The van der Waals surface area contributed by atoms with Gasteiger partial charge in [-0.25, -0.2) is 15.0 Å². The van der Waals surface area contributed by atoms with Crippen LogP contribution in [0, 0.1) is 0 Å². The van der Waals surface area contributed by atoms with Gasteiger partial charge in [-0.3, -0.25) is 0 Å². The second kappa shape index (κ2) is 9.49. The molecule has 1 unspecified atom stereocenters. The maximum Gasteiger partial charge on any atom is 0.573 e. The number of nitrogens with zero attached hydrogens (tertiary/aromatic N) is 1. The first-order valence-electron chi connectivity index (χ1n) is 7.34. The van der Waals surface area contributed by atoms with Crippen LogP contribution in [0.15, 0.2) is 29.4 Å². The summed E-state index contributed by atoms with van der Waals surface area (Å²) in [6, 6.07) is 3.88. The number of alkyl halides is 3. The van der Waals surface area contributed by atoms with Gasteiger partial charge < -0.3 is 19.5 Å². The largest absolute Gasteiger partial charge is 0.573 e. The normalized spacial score (nSPS) is 12.8. The van der Waals surface area contributed by atoms with Crippen LogP contribution in [0.3, 0.4) is 0 Å². The van der Waals surface area contributed by atoms with Gasteiger partial charge in [-0.15, -0.1) is 13.2 Å². The Bertz CT molecular complexity index is 664. The Morgan fingerprint density at radius 3 is 2.50 bits per heavy atom. The standard InChI is InChI=1S/C15H18F3N3O5/c1-4-25-13(22)12(9(2)20-21-14(23)24-3)19-10-7-5-6-8-11(10)26-15(16,17)18/h5-8,12,19H,4H2,1-3H3,(H,21,23). The monoisotopic (exact) mass is 377 g/mol. The van der Waals surface area contributed by atoms with E-state index in [0.29, 0.717) is 0 Å². The lowest BCUT2D eigenvalue weighted by Gasteiger charge is -2.20. The number of hydrogen-bond acceptors (Lipinski definition) is 7. The average Bonchev–Trinajstić information content (AvgIpc) is 2.57. The number of benzene rings is 1. The molecule has 0 aromatic heterocycles. The smallest absolute Gasteiger partial charge is 0.464 e. The van der Waals surface area contributed by atoms with Gasteiger partial charge in [0.15, 0.2) is 11.8 Å². The molecule has 144 valence electrons. The summed E-state index contributed by atoms with van der Waals surface area (Å²) < 4.78 is 50.7. The minimum Gasteiger partial charge on any atom is -0.464 e. The minimum absolute atomic E-state index is 0.0238. The van der Waals surface area contributed by atoms with Crippen molar-refractivity contribution in [3.05, 3.63) is 24.3 Å². The van der Waals surface area contributed by atoms with Crippen molar-refractivity contribution >= 4 is 23.5 Å². The predicted molar refractivity (Wildman–Crippen MR) is 85.8 cm³/mol. The van der Waals surface area contributed by atoms with E-state index in [1.54, 1.807) is 6.92 Å². The van der Waals surface area contributed by atoms with Crippen molar-refractivity contribution in [2.45, 2.75) is 26.3 Å². The lowest BCUT2D eigenvalue weighted by atomic mass is 10.1. The first-order chi connectivity index (χ1) is 12.2. The molecule has 0 saturated carbocycles. The molecule has 0 radical (unpaired) electrons. The van der Waals surface area contributed by atoms with Crippen LogP contribution in [-0.2, 0) is 14.3 Å². The molecule has 1 aromatic carbocycles. The number of carbonyl (C=O) groups excluding carboxylic acids is 2. The van der Waals surface area contributed by atoms with Crippen LogP contribution in [0.4, 0.5) is 23.7 Å². The van der Waals surface area contributed by atoms with E-state index in [-0.39, 0.29) is 18.0 Å². The van der Waals surface area contributed by atoms with Crippen molar-refractivity contribution in [3.8, 4) is 5.75 Å². The molecule has 0 spiro atoms. The van der Waals surface area contributed by atoms with Gasteiger partial charge in [0.05, 0.1) is 25.1 Å². The fraction of sp³-hybridized carbons (Fsp3) is 0.400. The van der Waals surface area contributed by atoms with Gasteiger partial charge in [-0.1, -0.05) is 12.1 Å². The summed E-state index contributed by atoms with van der Waals surface area (Å²) in [6.45, 7) is 2.97. The SMILES string of the molecule is CCOC(=O)C(Nc1ccccc1OC(F)(F)F)C(C)=NNC(=O)OC. The molecule has 0 bridgehead atoms. The summed E-state index contributed by atoms with van der Waals surface area (Å²) in [5.41, 5.74) is 1.92. The van der Waals surface area contributed by atoms with Crippen LogP contribution in [0.2, 0.25) is 0 Å². The van der Waals surface area contributed by atoms with Gasteiger partial charge in [0.25, 0.3) is 0 Å². The molecular weight excluding hydrogens is 359 g/mol. The van der Waals surface area contributed by atoms with Crippen LogP contribution < -0.4 is 15.5 Å². The van der Waals surface area contributed by atoms with Gasteiger partial charge in [0.1, 0.15) is 0 Å². The molecule has 8 nitrogen and oxygen atoms in total. The number of hydrogen-bond donors (Lipinski definition) is 2. The highest BCUT2D eigenvalue weighted by molar-refractivity contribution is 6.07. The number of carbonyl (C=O) groups is 2. The number of rotatable bonds is 7. The molecule has 0 aliphatic carbocycles. The Hall–Kier alpha value is -2.98. The molecule has 1 aromatic rings. The highest BCUT2D eigenvalue weighted by atomic mass is 19.4. The van der Waals surface area contributed by atoms with Gasteiger partial charge in [-0.05, 0) is 26.0 Å². The third-order valence-corrected chi connectivity index (χ3v) is 2.86. The van der Waals surface area contributed by atoms with E-state index >= 15 is 0 Å². The lowest BCUT2D eigenvalue weighted by molar-refractivity contribution is -0.274. The number of halogens is 3. The van der Waals surface area contributed by atoms with Crippen molar-refractivity contribution in [1.82, 2.24) is 5.43 Å². The number of esters is 1. The zero-order chi connectivity index (χ0) is 19.7. The lowest BCUT2D eigenvalue weighted by Crippen LogP contribution is -2.39. The van der Waals surface area contributed by atoms with E-state index in [9.17, 15) is 22.8 Å². The fourth-order valence-corrected chi connectivity index (χ4v) is 1.76. The van der Waals surface area contributed by atoms with Gasteiger partial charge >= 0.3 is 18.4 Å². The van der Waals surface area contributed by atoms with Crippen LogP contribution in [-0.4, -0.2) is 43.9 Å². The number of hydrazone groups is 1. The first-order valence-corrected chi connectivity index (χ1v) is 7.34. The third kappa shape index (κ3) is 6.87. The molecule has 0 aliphatic heterocycles. The van der Waals surface area contributed by atoms with E-state index in [2.05, 4.69) is 19.9 Å². The Kier molecular flexibility index (Phi) is 7.69. The fourth-order valence-electron chi connectivity index (χ4n) is 1.76. The molecule has 0 fully saturated rings. The number of ether oxygens (including phenoxy) is 3. The Morgan fingerprint density at radius 1 is 1.27 bits per heavy atom. The molecule has 0 heterocycles.